The second-order valence-corrected chi connectivity index (χ2v) is 16.4. The lowest BCUT2D eigenvalue weighted by atomic mass is 10.0. The fourth-order valence-corrected chi connectivity index (χ4v) is 8.22. The van der Waals surface area contributed by atoms with Gasteiger partial charge >= 0.3 is 0 Å². The summed E-state index contributed by atoms with van der Waals surface area (Å²) in [5.41, 5.74) is 9.91. The monoisotopic (exact) mass is 870 g/mol. The number of carbonyl (C=O) groups is 2. The summed E-state index contributed by atoms with van der Waals surface area (Å²) in [6.07, 6.45) is 14.3. The highest BCUT2D eigenvalue weighted by Crippen LogP contribution is 2.31. The van der Waals surface area contributed by atoms with E-state index in [1.165, 1.54) is 62.1 Å². The van der Waals surface area contributed by atoms with Crippen LogP contribution in [0.25, 0.3) is 33.5 Å². The third-order valence-electron chi connectivity index (χ3n) is 11.4. The standard InChI is InChI=1S/C26H26N6O.C25H25ClN4O/c1-2-22(33)16-18-7-6-8-19(15-18)24-23-17-27-31-25(23)30-26(29-24)28-20-9-11-21(12-10-20)32-13-4-3-5-14-32;1-2-22(31)16-18-7-6-8-19(15-18)24-23(26)17-27-25(29-24)28-20-9-11-21(12-10-20)30-13-4-3-5-14-30/h2,6-12,15,17H,1,3-5,13-14,16H2,(H2,27,28,29,30,31);2,6-12,15,17H,1,3-5,13-14,16H2,(H,27,28,29). The molecule has 0 spiro atoms. The Morgan fingerprint density at radius 2 is 1.12 bits per heavy atom. The van der Waals surface area contributed by atoms with Gasteiger partial charge in [0.15, 0.2) is 17.2 Å². The number of hydrogen-bond donors (Lipinski definition) is 3. The number of nitrogens with zero attached hydrogens (tertiary/aromatic N) is 7. The van der Waals surface area contributed by atoms with E-state index in [0.29, 0.717) is 41.1 Å². The van der Waals surface area contributed by atoms with Crippen LogP contribution in [0.1, 0.15) is 49.7 Å². The van der Waals surface area contributed by atoms with Crippen molar-refractivity contribution in [2.75, 3.05) is 46.6 Å². The number of nitrogens with one attached hydrogen (secondary N) is 3. The molecule has 2 aliphatic heterocycles. The lowest BCUT2D eigenvalue weighted by molar-refractivity contribution is -0.114. The molecule has 7 aromatic rings. The highest BCUT2D eigenvalue weighted by Gasteiger charge is 2.16. The second-order valence-electron chi connectivity index (χ2n) is 16.0. The summed E-state index contributed by atoms with van der Waals surface area (Å²) in [4.78, 5) is 46.7. The normalized spacial score (nSPS) is 13.7. The van der Waals surface area contributed by atoms with E-state index in [2.05, 4.69) is 95.1 Å². The van der Waals surface area contributed by atoms with Gasteiger partial charge in [-0.25, -0.2) is 15.0 Å². The van der Waals surface area contributed by atoms with Crippen molar-refractivity contribution >= 4 is 68.8 Å². The Kier molecular flexibility index (Phi) is 14.1. The van der Waals surface area contributed by atoms with Crippen LogP contribution < -0.4 is 20.4 Å². The minimum absolute atomic E-state index is 0.0151. The van der Waals surface area contributed by atoms with Gasteiger partial charge in [-0.15, -0.1) is 0 Å². The molecule has 0 bridgehead atoms. The van der Waals surface area contributed by atoms with Gasteiger partial charge in [-0.1, -0.05) is 61.2 Å². The molecule has 4 aromatic carbocycles. The smallest absolute Gasteiger partial charge is 0.229 e. The number of halogens is 1. The van der Waals surface area contributed by atoms with Crippen molar-refractivity contribution in [2.45, 2.75) is 51.4 Å². The van der Waals surface area contributed by atoms with E-state index in [9.17, 15) is 9.59 Å². The Bertz CT molecular complexity index is 2740. The van der Waals surface area contributed by atoms with Gasteiger partial charge in [-0.3, -0.25) is 14.7 Å². The molecule has 0 unspecified atom stereocenters. The molecule has 9 rings (SSSR count). The van der Waals surface area contributed by atoms with Crippen LogP contribution in [-0.4, -0.2) is 67.9 Å². The van der Waals surface area contributed by atoms with E-state index in [4.69, 9.17) is 16.6 Å². The Hall–Kier alpha value is -7.18. The maximum absolute atomic E-state index is 11.8. The first-order chi connectivity index (χ1) is 31.3. The molecule has 13 heteroatoms. The van der Waals surface area contributed by atoms with Gasteiger partial charge in [0.2, 0.25) is 11.9 Å². The molecular weight excluding hydrogens is 820 g/mol. The molecule has 2 fully saturated rings. The second kappa shape index (κ2) is 20.8. The molecule has 3 N–H and O–H groups in total. The van der Waals surface area contributed by atoms with Crippen LogP contribution >= 0.6 is 11.6 Å². The van der Waals surface area contributed by atoms with Crippen molar-refractivity contribution < 1.29 is 9.59 Å². The number of allylic oxidation sites excluding steroid dienone is 2. The van der Waals surface area contributed by atoms with Crippen LogP contribution in [0, 0.1) is 0 Å². The van der Waals surface area contributed by atoms with Gasteiger partial charge < -0.3 is 20.4 Å². The summed E-state index contributed by atoms with van der Waals surface area (Å²) in [7, 11) is 0. The minimum Gasteiger partial charge on any atom is -0.372 e. The average Bonchev–Trinajstić information content (AvgIpc) is 3.82. The summed E-state index contributed by atoms with van der Waals surface area (Å²) in [6.45, 7) is 11.6. The first-order valence-corrected chi connectivity index (χ1v) is 22.2. The summed E-state index contributed by atoms with van der Waals surface area (Å²) in [5, 5.41) is 15.0. The van der Waals surface area contributed by atoms with Crippen molar-refractivity contribution in [1.29, 1.82) is 0 Å². The van der Waals surface area contributed by atoms with Crippen LogP contribution in [0.4, 0.5) is 34.6 Å². The molecule has 0 atom stereocenters. The van der Waals surface area contributed by atoms with Crippen LogP contribution in [0.15, 0.2) is 135 Å². The molecule has 3 aromatic heterocycles. The van der Waals surface area contributed by atoms with Crippen LogP contribution in [0.2, 0.25) is 5.02 Å². The molecule has 0 aliphatic carbocycles. The van der Waals surface area contributed by atoms with E-state index in [0.717, 1.165) is 70.9 Å². The zero-order valence-electron chi connectivity index (χ0n) is 35.8. The number of aromatic nitrogens is 6. The number of ketones is 2. The quantitative estimate of drug-likeness (QED) is 0.0898. The predicted molar refractivity (Wildman–Crippen MR) is 259 cm³/mol. The number of anilines is 6. The Balaban J connectivity index is 0.000000175. The highest BCUT2D eigenvalue weighted by atomic mass is 35.5. The first-order valence-electron chi connectivity index (χ1n) is 21.8. The van der Waals surface area contributed by atoms with Crippen molar-refractivity contribution in [3.05, 3.63) is 151 Å². The average molecular weight is 871 g/mol. The van der Waals surface area contributed by atoms with Crippen LogP contribution in [-0.2, 0) is 22.4 Å². The van der Waals surface area contributed by atoms with Gasteiger partial charge in [0.1, 0.15) is 0 Å². The number of rotatable bonds is 14. The number of H-pyrrole nitrogens is 1. The van der Waals surface area contributed by atoms with E-state index in [1.807, 2.05) is 60.7 Å². The number of benzene rings is 4. The van der Waals surface area contributed by atoms with Crippen LogP contribution in [0.5, 0.6) is 0 Å². The molecule has 2 aliphatic rings. The maximum atomic E-state index is 11.8. The van der Waals surface area contributed by atoms with Crippen LogP contribution in [0.3, 0.4) is 0 Å². The predicted octanol–water partition coefficient (Wildman–Crippen LogP) is 10.9. The van der Waals surface area contributed by atoms with Crippen molar-refractivity contribution in [3.8, 4) is 22.5 Å². The summed E-state index contributed by atoms with van der Waals surface area (Å²) in [6, 6.07) is 32.2. The molecule has 64 heavy (non-hydrogen) atoms. The topological polar surface area (TPSA) is 145 Å². The number of carbonyl (C=O) groups excluding carboxylic acids is 2. The Morgan fingerprint density at radius 3 is 1.66 bits per heavy atom. The SMILES string of the molecule is C=CC(=O)Cc1cccc(-c2nc(Nc3ccc(N4CCCCC4)cc3)nc3[nH]ncc23)c1.C=CC(=O)Cc1cccc(-c2nc(Nc3ccc(N4CCCCC4)cc3)ncc2Cl)c1. The molecule has 12 nitrogen and oxygen atoms in total. The molecule has 0 amide bonds. The Morgan fingerprint density at radius 1 is 0.625 bits per heavy atom. The van der Waals surface area contributed by atoms with E-state index in [1.54, 1.807) is 12.4 Å². The number of aromatic amines is 1. The summed E-state index contributed by atoms with van der Waals surface area (Å²) >= 11 is 6.38. The fraction of sp³-hybridized carbons (Fsp3) is 0.235. The van der Waals surface area contributed by atoms with Crippen molar-refractivity contribution in [2.24, 2.45) is 0 Å². The summed E-state index contributed by atoms with van der Waals surface area (Å²) < 4.78 is 0. The van der Waals surface area contributed by atoms with Gasteiger partial charge in [0.25, 0.3) is 0 Å². The molecule has 5 heterocycles. The molecule has 0 saturated carbocycles. The molecule has 0 radical (unpaired) electrons. The van der Waals surface area contributed by atoms with Gasteiger partial charge in [-0.2, -0.15) is 10.1 Å². The fourth-order valence-electron chi connectivity index (χ4n) is 8.02. The largest absolute Gasteiger partial charge is 0.372 e. The van der Waals surface area contributed by atoms with Gasteiger partial charge in [0, 0.05) is 72.9 Å². The Labute approximate surface area is 378 Å². The number of piperidine rings is 2. The highest BCUT2D eigenvalue weighted by molar-refractivity contribution is 6.32. The van der Waals surface area contributed by atoms with E-state index >= 15 is 0 Å². The third kappa shape index (κ3) is 11.1. The lowest BCUT2D eigenvalue weighted by Gasteiger charge is -2.28. The van der Waals surface area contributed by atoms with Crippen molar-refractivity contribution in [3.63, 3.8) is 0 Å². The molecular formula is C51H51ClN10O2. The van der Waals surface area contributed by atoms with Gasteiger partial charge in [0.05, 0.1) is 34.2 Å². The number of fused-ring (bicyclic) bond motifs is 1. The summed E-state index contributed by atoms with van der Waals surface area (Å²) in [5.74, 6) is 0.915. The maximum Gasteiger partial charge on any atom is 0.229 e. The zero-order chi connectivity index (χ0) is 44.3. The molecule has 324 valence electrons. The zero-order valence-corrected chi connectivity index (χ0v) is 36.5. The van der Waals surface area contributed by atoms with E-state index < -0.39 is 0 Å². The van der Waals surface area contributed by atoms with Gasteiger partial charge in [-0.05, 0) is 122 Å². The van der Waals surface area contributed by atoms with E-state index in [-0.39, 0.29) is 11.6 Å². The first kappa shape index (κ1) is 43.5. The minimum atomic E-state index is -0.0266. The third-order valence-corrected chi connectivity index (χ3v) is 11.6. The van der Waals surface area contributed by atoms with Crippen molar-refractivity contribution in [1.82, 2.24) is 30.1 Å². The lowest BCUT2D eigenvalue weighted by Crippen LogP contribution is -2.29. The number of hydrogen-bond acceptors (Lipinski definition) is 11. The molecule has 2 saturated heterocycles.